The van der Waals surface area contributed by atoms with Gasteiger partial charge in [0.05, 0.1) is 22.3 Å². The second-order valence-corrected chi connectivity index (χ2v) is 13.7. The summed E-state index contributed by atoms with van der Waals surface area (Å²) >= 11 is 0. The monoisotopic (exact) mass is 574 g/mol. The maximum atomic E-state index is 15.5. The van der Waals surface area contributed by atoms with E-state index in [2.05, 4.69) is 22.8 Å². The highest BCUT2D eigenvalue weighted by Gasteiger charge is 2.31. The van der Waals surface area contributed by atoms with E-state index >= 15 is 4.39 Å². The molecule has 0 radical (unpaired) electrons. The average molecular weight is 575 g/mol. The Balaban J connectivity index is 1.43. The van der Waals surface area contributed by atoms with Gasteiger partial charge in [-0.15, -0.1) is 0 Å². The van der Waals surface area contributed by atoms with Crippen molar-refractivity contribution in [2.45, 2.75) is 85.1 Å². The van der Waals surface area contributed by atoms with Crippen molar-refractivity contribution in [2.75, 3.05) is 6.54 Å². The minimum absolute atomic E-state index is 0.140. The SMILES string of the molecule is Cn1c(-c2cc3ccc4c(c3n2CC2CC2)CCN(C(=O)OC(C)(C)C)C4)nc2cc(C(=O)OC(C)(C)C)cc(F)c21. The van der Waals surface area contributed by atoms with E-state index in [1.807, 2.05) is 27.8 Å². The molecule has 0 N–H and O–H groups in total. The molecule has 6 rings (SSSR count). The van der Waals surface area contributed by atoms with Gasteiger partial charge in [-0.3, -0.25) is 0 Å². The Labute approximate surface area is 245 Å². The largest absolute Gasteiger partial charge is 0.456 e. The number of carbonyl (C=O) groups excluding carboxylic acids is 2. The van der Waals surface area contributed by atoms with E-state index in [0.717, 1.165) is 35.1 Å². The van der Waals surface area contributed by atoms with Crippen LogP contribution in [0.1, 0.15) is 75.9 Å². The van der Waals surface area contributed by atoms with Crippen LogP contribution in [0.15, 0.2) is 30.3 Å². The lowest BCUT2D eigenvalue weighted by atomic mass is 9.97. The number of hydrogen-bond acceptors (Lipinski definition) is 5. The molecular formula is C33H39FN4O4. The van der Waals surface area contributed by atoms with Gasteiger partial charge in [-0.1, -0.05) is 12.1 Å². The number of imidazole rings is 1. The maximum Gasteiger partial charge on any atom is 0.410 e. The topological polar surface area (TPSA) is 78.6 Å². The number of benzene rings is 2. The molecule has 4 aromatic rings. The lowest BCUT2D eigenvalue weighted by molar-refractivity contribution is 0.00683. The molecule has 1 aliphatic heterocycles. The van der Waals surface area contributed by atoms with Crippen LogP contribution in [0.5, 0.6) is 0 Å². The van der Waals surface area contributed by atoms with Gasteiger partial charge < -0.3 is 23.5 Å². The molecule has 0 spiro atoms. The fourth-order valence-electron chi connectivity index (χ4n) is 5.83. The third-order valence-corrected chi connectivity index (χ3v) is 7.83. The number of aromatic nitrogens is 3. The predicted molar refractivity (Wildman–Crippen MR) is 160 cm³/mol. The molecular weight excluding hydrogens is 535 g/mol. The molecule has 2 aromatic carbocycles. The van der Waals surface area contributed by atoms with Crippen LogP contribution in [0.4, 0.5) is 9.18 Å². The third kappa shape index (κ3) is 5.37. The number of amides is 1. The van der Waals surface area contributed by atoms with Crippen molar-refractivity contribution < 1.29 is 23.5 Å². The summed E-state index contributed by atoms with van der Waals surface area (Å²) in [6, 6.07) is 9.17. The molecule has 0 bridgehead atoms. The zero-order valence-electron chi connectivity index (χ0n) is 25.5. The van der Waals surface area contributed by atoms with Crippen molar-refractivity contribution >= 4 is 34.0 Å². The number of nitrogens with zero attached hydrogens (tertiary/aromatic N) is 4. The van der Waals surface area contributed by atoms with Crippen LogP contribution in [0.2, 0.25) is 0 Å². The van der Waals surface area contributed by atoms with Crippen molar-refractivity contribution in [2.24, 2.45) is 13.0 Å². The molecule has 2 aliphatic rings. The highest BCUT2D eigenvalue weighted by atomic mass is 19.1. The Morgan fingerprint density at radius 1 is 1.00 bits per heavy atom. The van der Waals surface area contributed by atoms with E-state index < -0.39 is 23.0 Å². The average Bonchev–Trinajstić information content (AvgIpc) is 3.54. The summed E-state index contributed by atoms with van der Waals surface area (Å²) in [4.78, 5) is 32.2. The Hall–Kier alpha value is -3.88. The highest BCUT2D eigenvalue weighted by molar-refractivity contribution is 5.96. The molecule has 0 atom stereocenters. The highest BCUT2D eigenvalue weighted by Crippen LogP contribution is 2.39. The first-order valence-corrected chi connectivity index (χ1v) is 14.7. The Kier molecular flexibility index (Phi) is 6.62. The molecule has 222 valence electrons. The van der Waals surface area contributed by atoms with Gasteiger partial charge in [0.1, 0.15) is 22.5 Å². The van der Waals surface area contributed by atoms with Crippen molar-refractivity contribution in [3.05, 3.63) is 52.8 Å². The molecule has 2 aromatic heterocycles. The van der Waals surface area contributed by atoms with Crippen molar-refractivity contribution in [1.82, 2.24) is 19.0 Å². The lowest BCUT2D eigenvalue weighted by Crippen LogP contribution is -2.40. The fraction of sp³-hybridized carbons (Fsp3) is 0.485. The van der Waals surface area contributed by atoms with Gasteiger partial charge in [0, 0.05) is 32.1 Å². The van der Waals surface area contributed by atoms with Gasteiger partial charge >= 0.3 is 12.1 Å². The standard InChI is InChI=1S/C33H39FN4O4/c1-32(2,3)41-30(39)22-14-24(34)28-25(15-22)35-29(36(28)7)26-16-20-10-11-21-18-37(31(40)42-33(4,5)6)13-12-23(21)27(20)38(26)17-19-8-9-19/h10-11,14-16,19H,8-9,12-13,17-18H2,1-7H3. The molecule has 0 unspecified atom stereocenters. The number of halogens is 1. The first-order chi connectivity index (χ1) is 19.7. The van der Waals surface area contributed by atoms with E-state index in [-0.39, 0.29) is 11.7 Å². The zero-order chi connectivity index (χ0) is 30.1. The number of rotatable bonds is 4. The van der Waals surface area contributed by atoms with Gasteiger partial charge in [-0.05, 0) is 96.0 Å². The number of ether oxygens (including phenoxy) is 2. The number of hydrogen-bond donors (Lipinski definition) is 0. The van der Waals surface area contributed by atoms with Gasteiger partial charge in [0.2, 0.25) is 0 Å². The molecule has 8 nitrogen and oxygen atoms in total. The van der Waals surface area contributed by atoms with E-state index in [0.29, 0.717) is 35.9 Å². The quantitative estimate of drug-likeness (QED) is 0.246. The first-order valence-electron chi connectivity index (χ1n) is 14.7. The van der Waals surface area contributed by atoms with Crippen LogP contribution in [0.3, 0.4) is 0 Å². The molecule has 0 saturated heterocycles. The van der Waals surface area contributed by atoms with E-state index in [4.69, 9.17) is 14.5 Å². The zero-order valence-corrected chi connectivity index (χ0v) is 25.5. The van der Waals surface area contributed by atoms with Crippen LogP contribution in [0.25, 0.3) is 33.5 Å². The van der Waals surface area contributed by atoms with Crippen LogP contribution in [-0.2, 0) is 36.0 Å². The van der Waals surface area contributed by atoms with Gasteiger partial charge in [0.25, 0.3) is 0 Å². The van der Waals surface area contributed by atoms with Crippen LogP contribution >= 0.6 is 0 Å². The predicted octanol–water partition coefficient (Wildman–Crippen LogP) is 6.99. The van der Waals surface area contributed by atoms with E-state index in [1.165, 1.54) is 24.5 Å². The number of aryl methyl sites for hydroxylation is 1. The Bertz CT molecular complexity index is 1730. The van der Waals surface area contributed by atoms with Crippen molar-refractivity contribution in [1.29, 1.82) is 0 Å². The maximum absolute atomic E-state index is 15.5. The molecule has 1 amide bonds. The number of fused-ring (bicyclic) bond motifs is 4. The number of carbonyl (C=O) groups is 2. The molecule has 42 heavy (non-hydrogen) atoms. The molecule has 3 heterocycles. The minimum Gasteiger partial charge on any atom is -0.456 e. The van der Waals surface area contributed by atoms with Gasteiger partial charge in [-0.2, -0.15) is 0 Å². The second kappa shape index (κ2) is 9.85. The summed E-state index contributed by atoms with van der Waals surface area (Å²) in [6.45, 7) is 12.9. The number of esters is 1. The minimum atomic E-state index is -0.690. The van der Waals surface area contributed by atoms with Crippen molar-refractivity contribution in [3.63, 3.8) is 0 Å². The van der Waals surface area contributed by atoms with Crippen molar-refractivity contribution in [3.8, 4) is 11.5 Å². The normalized spacial score (nSPS) is 15.8. The molecule has 1 fully saturated rings. The summed E-state index contributed by atoms with van der Waals surface area (Å²) < 4.78 is 30.7. The van der Waals surface area contributed by atoms with Crippen LogP contribution in [0, 0.1) is 11.7 Å². The first kappa shape index (κ1) is 28.2. The summed E-state index contributed by atoms with van der Waals surface area (Å²) in [5.41, 5.74) is 4.06. The Morgan fingerprint density at radius 2 is 1.71 bits per heavy atom. The summed E-state index contributed by atoms with van der Waals surface area (Å²) in [6.07, 6.45) is 2.78. The Morgan fingerprint density at radius 3 is 2.38 bits per heavy atom. The third-order valence-electron chi connectivity index (χ3n) is 7.83. The fourth-order valence-corrected chi connectivity index (χ4v) is 5.83. The summed E-state index contributed by atoms with van der Waals surface area (Å²) in [5, 5.41) is 1.09. The molecule has 9 heteroatoms. The smallest absolute Gasteiger partial charge is 0.410 e. The second-order valence-electron chi connectivity index (χ2n) is 13.7. The van der Waals surface area contributed by atoms with Crippen LogP contribution < -0.4 is 0 Å². The van der Waals surface area contributed by atoms with Crippen LogP contribution in [-0.4, -0.2) is 48.8 Å². The molecule has 1 saturated carbocycles. The lowest BCUT2D eigenvalue weighted by Gasteiger charge is -2.31. The van der Waals surface area contributed by atoms with E-state index in [1.54, 1.807) is 36.3 Å². The van der Waals surface area contributed by atoms with Gasteiger partial charge in [0.15, 0.2) is 5.82 Å². The summed E-state index contributed by atoms with van der Waals surface area (Å²) in [7, 11) is 1.81. The van der Waals surface area contributed by atoms with Gasteiger partial charge in [-0.25, -0.2) is 19.0 Å². The van der Waals surface area contributed by atoms with E-state index in [9.17, 15) is 9.59 Å². The summed E-state index contributed by atoms with van der Waals surface area (Å²) in [5.74, 6) is 0.133. The molecule has 1 aliphatic carbocycles.